The van der Waals surface area contributed by atoms with Gasteiger partial charge in [0.2, 0.25) is 5.91 Å². The van der Waals surface area contributed by atoms with Crippen molar-refractivity contribution in [1.82, 2.24) is 14.4 Å². The third kappa shape index (κ3) is 5.02. The van der Waals surface area contributed by atoms with Gasteiger partial charge in [-0.05, 0) is 60.4 Å². The van der Waals surface area contributed by atoms with Gasteiger partial charge in [-0.1, -0.05) is 48.9 Å². The summed E-state index contributed by atoms with van der Waals surface area (Å²) in [5, 5.41) is 1.28. The molecule has 0 atom stereocenters. The maximum absolute atomic E-state index is 13.1. The third-order valence-corrected chi connectivity index (χ3v) is 7.83. The van der Waals surface area contributed by atoms with Crippen LogP contribution in [0.15, 0.2) is 59.6 Å². The highest BCUT2D eigenvalue weighted by molar-refractivity contribution is 8.18. The van der Waals surface area contributed by atoms with Crippen molar-refractivity contribution in [1.29, 1.82) is 0 Å². The quantitative estimate of drug-likeness (QED) is 0.419. The van der Waals surface area contributed by atoms with Crippen molar-refractivity contribution in [2.75, 3.05) is 19.6 Å². The molecule has 8 heteroatoms. The number of thioether (sulfide) groups is 1. The Morgan fingerprint density at radius 3 is 2.54 bits per heavy atom. The number of imide groups is 1. The Morgan fingerprint density at radius 2 is 1.80 bits per heavy atom. The SMILES string of the molecule is CC1CCN(C(=O)CN2C(=O)S/C(=C\c3cn(Cc4ccc(Cl)cc4)c4ccccc34)C2=O)CC1. The van der Waals surface area contributed by atoms with Gasteiger partial charge in [0.05, 0.1) is 4.91 Å². The monoisotopic (exact) mass is 507 g/mol. The van der Waals surface area contributed by atoms with Crippen molar-refractivity contribution in [3.8, 4) is 0 Å². The Kier molecular flexibility index (Phi) is 6.71. The van der Waals surface area contributed by atoms with E-state index in [9.17, 15) is 14.4 Å². The van der Waals surface area contributed by atoms with E-state index in [2.05, 4.69) is 11.5 Å². The average Bonchev–Trinajstić information content (AvgIpc) is 3.33. The van der Waals surface area contributed by atoms with Gasteiger partial charge in [0, 0.05) is 47.3 Å². The second-order valence-corrected chi connectivity index (χ2v) is 10.6. The fourth-order valence-electron chi connectivity index (χ4n) is 4.58. The molecule has 1 aromatic heterocycles. The number of hydrogen-bond donors (Lipinski definition) is 0. The van der Waals surface area contributed by atoms with Crippen LogP contribution >= 0.6 is 23.4 Å². The summed E-state index contributed by atoms with van der Waals surface area (Å²) in [5.41, 5.74) is 2.99. The van der Waals surface area contributed by atoms with Crippen molar-refractivity contribution in [2.45, 2.75) is 26.3 Å². The lowest BCUT2D eigenvalue weighted by Crippen LogP contribution is -2.45. The number of hydrogen-bond acceptors (Lipinski definition) is 4. The van der Waals surface area contributed by atoms with Crippen LogP contribution in [0.5, 0.6) is 0 Å². The molecular formula is C27H26ClN3O3S. The Hall–Kier alpha value is -3.03. The van der Waals surface area contributed by atoms with E-state index in [1.807, 2.05) is 54.7 Å². The van der Waals surface area contributed by atoms with Crippen LogP contribution in [0.4, 0.5) is 4.79 Å². The lowest BCUT2D eigenvalue weighted by molar-refractivity contribution is -0.136. The summed E-state index contributed by atoms with van der Waals surface area (Å²) in [6.45, 7) is 3.98. The zero-order valence-electron chi connectivity index (χ0n) is 19.4. The van der Waals surface area contributed by atoms with Gasteiger partial charge in [0.25, 0.3) is 11.1 Å². The standard InChI is InChI=1S/C27H26ClN3O3S/c1-18-10-12-29(13-11-18)25(32)17-31-26(33)24(35-27(31)34)14-20-16-30(23-5-3-2-4-22(20)23)15-19-6-8-21(28)9-7-19/h2-9,14,16,18H,10-13,15,17H2,1H3/b24-14-. The van der Waals surface area contributed by atoms with E-state index in [4.69, 9.17) is 11.6 Å². The molecule has 180 valence electrons. The van der Waals surface area contributed by atoms with Gasteiger partial charge in [0.1, 0.15) is 6.54 Å². The van der Waals surface area contributed by atoms with E-state index in [0.717, 1.165) is 51.5 Å². The summed E-state index contributed by atoms with van der Waals surface area (Å²) in [5.74, 6) is 0.0225. The Labute approximate surface area is 213 Å². The van der Waals surface area contributed by atoms with Crippen molar-refractivity contribution >= 4 is 57.4 Å². The van der Waals surface area contributed by atoms with Gasteiger partial charge >= 0.3 is 0 Å². The molecule has 6 nitrogen and oxygen atoms in total. The number of fused-ring (bicyclic) bond motifs is 1. The average molecular weight is 508 g/mol. The van der Waals surface area contributed by atoms with Crippen LogP contribution in [0.25, 0.3) is 17.0 Å². The van der Waals surface area contributed by atoms with Crippen molar-refractivity contribution in [3.63, 3.8) is 0 Å². The van der Waals surface area contributed by atoms with Crippen LogP contribution in [0, 0.1) is 5.92 Å². The lowest BCUT2D eigenvalue weighted by Gasteiger charge is -2.31. The van der Waals surface area contributed by atoms with Crippen LogP contribution in [0.2, 0.25) is 5.02 Å². The summed E-state index contributed by atoms with van der Waals surface area (Å²) in [4.78, 5) is 41.6. The molecule has 0 spiro atoms. The summed E-state index contributed by atoms with van der Waals surface area (Å²) in [6, 6.07) is 15.7. The molecular weight excluding hydrogens is 482 g/mol. The summed E-state index contributed by atoms with van der Waals surface area (Å²) in [6.07, 6.45) is 5.66. The molecule has 3 amide bonds. The molecule has 5 rings (SSSR count). The summed E-state index contributed by atoms with van der Waals surface area (Å²) >= 11 is 6.92. The molecule has 0 N–H and O–H groups in total. The fraction of sp³-hybridized carbons (Fsp3) is 0.296. The first kappa shape index (κ1) is 23.7. The number of carbonyl (C=O) groups is 3. The number of amides is 3. The maximum Gasteiger partial charge on any atom is 0.294 e. The van der Waals surface area contributed by atoms with Crippen molar-refractivity contribution < 1.29 is 14.4 Å². The number of para-hydroxylation sites is 1. The zero-order valence-corrected chi connectivity index (χ0v) is 21.0. The summed E-state index contributed by atoms with van der Waals surface area (Å²) in [7, 11) is 0. The first-order valence-corrected chi connectivity index (χ1v) is 12.9. The summed E-state index contributed by atoms with van der Waals surface area (Å²) < 4.78 is 2.12. The van der Waals surface area contributed by atoms with Crippen LogP contribution in [0.3, 0.4) is 0 Å². The van der Waals surface area contributed by atoms with Crippen LogP contribution in [0.1, 0.15) is 30.9 Å². The number of benzene rings is 2. The predicted octanol–water partition coefficient (Wildman–Crippen LogP) is 5.64. The zero-order chi connectivity index (χ0) is 24.5. The lowest BCUT2D eigenvalue weighted by atomic mass is 9.99. The van der Waals surface area contributed by atoms with E-state index in [0.29, 0.717) is 35.5 Å². The Balaban J connectivity index is 1.37. The first-order valence-electron chi connectivity index (χ1n) is 11.7. The molecule has 2 saturated heterocycles. The second-order valence-electron chi connectivity index (χ2n) is 9.19. The highest BCUT2D eigenvalue weighted by Gasteiger charge is 2.37. The predicted molar refractivity (Wildman–Crippen MR) is 140 cm³/mol. The van der Waals surface area contributed by atoms with E-state index < -0.39 is 11.1 Å². The van der Waals surface area contributed by atoms with E-state index in [1.165, 1.54) is 0 Å². The van der Waals surface area contributed by atoms with Gasteiger partial charge in [-0.25, -0.2) is 0 Å². The molecule has 2 aromatic carbocycles. The topological polar surface area (TPSA) is 62.6 Å². The minimum absolute atomic E-state index is 0.167. The maximum atomic E-state index is 13.1. The van der Waals surface area contributed by atoms with Gasteiger partial charge in [0.15, 0.2) is 0 Å². The molecule has 0 bridgehead atoms. The fourth-order valence-corrected chi connectivity index (χ4v) is 5.53. The van der Waals surface area contributed by atoms with Gasteiger partial charge in [-0.2, -0.15) is 0 Å². The molecule has 3 heterocycles. The largest absolute Gasteiger partial charge is 0.342 e. The van der Waals surface area contributed by atoms with Gasteiger partial charge < -0.3 is 9.47 Å². The molecule has 3 aromatic rings. The molecule has 0 unspecified atom stereocenters. The molecule has 0 radical (unpaired) electrons. The number of carbonyl (C=O) groups excluding carboxylic acids is 3. The normalized spacial score (nSPS) is 18.3. The molecule has 35 heavy (non-hydrogen) atoms. The minimum Gasteiger partial charge on any atom is -0.342 e. The third-order valence-electron chi connectivity index (χ3n) is 6.68. The molecule has 2 aliphatic rings. The number of piperidine rings is 1. The Bertz CT molecular complexity index is 1320. The number of likely N-dealkylation sites (tertiary alicyclic amines) is 1. The van der Waals surface area contributed by atoms with Crippen molar-refractivity contribution in [2.24, 2.45) is 5.92 Å². The van der Waals surface area contributed by atoms with E-state index in [-0.39, 0.29) is 12.5 Å². The molecule has 2 aliphatic heterocycles. The highest BCUT2D eigenvalue weighted by atomic mass is 35.5. The minimum atomic E-state index is -0.409. The van der Waals surface area contributed by atoms with Crippen LogP contribution < -0.4 is 0 Å². The number of rotatable bonds is 5. The van der Waals surface area contributed by atoms with Crippen LogP contribution in [-0.2, 0) is 16.1 Å². The second kappa shape index (κ2) is 9.91. The molecule has 2 fully saturated rings. The van der Waals surface area contributed by atoms with E-state index in [1.54, 1.807) is 11.0 Å². The number of nitrogens with zero attached hydrogens (tertiary/aromatic N) is 3. The highest BCUT2D eigenvalue weighted by Crippen LogP contribution is 2.34. The van der Waals surface area contributed by atoms with Crippen molar-refractivity contribution in [3.05, 3.63) is 75.8 Å². The first-order chi connectivity index (χ1) is 16.9. The molecule has 0 saturated carbocycles. The Morgan fingerprint density at radius 1 is 1.09 bits per heavy atom. The number of aromatic nitrogens is 1. The van der Waals surface area contributed by atoms with Gasteiger partial charge in [-0.15, -0.1) is 0 Å². The molecule has 0 aliphatic carbocycles. The van der Waals surface area contributed by atoms with Gasteiger partial charge in [-0.3, -0.25) is 19.3 Å². The smallest absolute Gasteiger partial charge is 0.294 e. The van der Waals surface area contributed by atoms with E-state index >= 15 is 0 Å². The number of halogens is 1. The van der Waals surface area contributed by atoms with Crippen LogP contribution in [-0.4, -0.2) is 51.1 Å².